The van der Waals surface area contributed by atoms with Crippen LogP contribution in [0.1, 0.15) is 22.8 Å². The Labute approximate surface area is 190 Å². The number of carbonyl (C=O) groups is 1. The van der Waals surface area contributed by atoms with E-state index in [2.05, 4.69) is 25.5 Å². The number of H-pyrrole nitrogens is 1. The van der Waals surface area contributed by atoms with E-state index in [-0.39, 0.29) is 11.2 Å². The van der Waals surface area contributed by atoms with Crippen LogP contribution >= 0.6 is 11.8 Å². The van der Waals surface area contributed by atoms with Crippen LogP contribution in [-0.4, -0.2) is 33.2 Å². The smallest absolute Gasteiger partial charge is 0.221 e. The van der Waals surface area contributed by atoms with Gasteiger partial charge in [0.1, 0.15) is 5.75 Å². The van der Waals surface area contributed by atoms with Crippen molar-refractivity contribution in [1.82, 2.24) is 25.5 Å². The van der Waals surface area contributed by atoms with E-state index in [0.29, 0.717) is 23.9 Å². The van der Waals surface area contributed by atoms with Gasteiger partial charge >= 0.3 is 0 Å². The summed E-state index contributed by atoms with van der Waals surface area (Å²) in [5, 5.41) is 10.8. The first-order valence-corrected chi connectivity index (χ1v) is 11.0. The summed E-state index contributed by atoms with van der Waals surface area (Å²) >= 11 is 1.46. The van der Waals surface area contributed by atoms with Gasteiger partial charge < -0.3 is 10.1 Å². The van der Waals surface area contributed by atoms with Crippen LogP contribution < -0.4 is 10.1 Å². The van der Waals surface area contributed by atoms with Crippen LogP contribution in [0.4, 0.5) is 0 Å². The zero-order valence-electron chi connectivity index (χ0n) is 17.6. The van der Waals surface area contributed by atoms with E-state index in [1.165, 1.54) is 11.8 Å². The van der Waals surface area contributed by atoms with Crippen molar-refractivity contribution in [2.45, 2.75) is 23.4 Å². The SMILES string of the molecule is COc1ccc(-c2nc(SC(CC(=O)NCc3cccnc3)c3ccccc3)n[nH]2)cc1. The molecule has 1 atom stereocenters. The molecule has 0 aliphatic rings. The molecule has 162 valence electrons. The standard InChI is InChI=1S/C24H23N5O2S/c1-31-20-11-9-19(10-12-20)23-27-24(29-28-23)32-21(18-7-3-2-4-8-18)14-22(30)26-16-17-6-5-13-25-15-17/h2-13,15,21H,14,16H2,1H3,(H,26,30)(H,27,28,29). The van der Waals surface area contributed by atoms with E-state index in [1.807, 2.05) is 66.7 Å². The first kappa shape index (κ1) is 21.6. The first-order chi connectivity index (χ1) is 15.7. The predicted molar refractivity (Wildman–Crippen MR) is 124 cm³/mol. The van der Waals surface area contributed by atoms with E-state index in [4.69, 9.17) is 4.74 Å². The van der Waals surface area contributed by atoms with Gasteiger partial charge in [0.2, 0.25) is 11.1 Å². The van der Waals surface area contributed by atoms with E-state index >= 15 is 0 Å². The summed E-state index contributed by atoms with van der Waals surface area (Å²) in [4.78, 5) is 21.4. The second-order valence-electron chi connectivity index (χ2n) is 7.05. The number of nitrogens with zero attached hydrogens (tertiary/aromatic N) is 3. The third-order valence-electron chi connectivity index (χ3n) is 4.83. The van der Waals surface area contributed by atoms with Gasteiger partial charge in [0.05, 0.1) is 7.11 Å². The average molecular weight is 446 g/mol. The van der Waals surface area contributed by atoms with Gasteiger partial charge in [-0.05, 0) is 41.5 Å². The lowest BCUT2D eigenvalue weighted by Gasteiger charge is -2.15. The summed E-state index contributed by atoms with van der Waals surface area (Å²) in [7, 11) is 1.63. The van der Waals surface area contributed by atoms with Gasteiger partial charge in [-0.1, -0.05) is 48.2 Å². The first-order valence-electron chi connectivity index (χ1n) is 10.2. The summed E-state index contributed by atoms with van der Waals surface area (Å²) < 4.78 is 5.21. The lowest BCUT2D eigenvalue weighted by Crippen LogP contribution is -2.24. The van der Waals surface area contributed by atoms with Crippen LogP contribution in [0.15, 0.2) is 84.3 Å². The topological polar surface area (TPSA) is 92.8 Å². The molecule has 2 N–H and O–H groups in total. The van der Waals surface area contributed by atoms with Crippen molar-refractivity contribution in [3.8, 4) is 17.1 Å². The minimum atomic E-state index is -0.121. The number of aromatic nitrogens is 4. The molecule has 0 aliphatic heterocycles. The monoisotopic (exact) mass is 445 g/mol. The molecular formula is C24H23N5O2S. The summed E-state index contributed by atoms with van der Waals surface area (Å²) in [6.07, 6.45) is 3.77. The lowest BCUT2D eigenvalue weighted by molar-refractivity contribution is -0.121. The Morgan fingerprint density at radius 2 is 1.91 bits per heavy atom. The third kappa shape index (κ3) is 5.73. The van der Waals surface area contributed by atoms with Crippen molar-refractivity contribution in [2.24, 2.45) is 0 Å². The summed E-state index contributed by atoms with van der Waals surface area (Å²) in [6, 6.07) is 21.3. The van der Waals surface area contributed by atoms with Crippen LogP contribution in [0.5, 0.6) is 5.75 Å². The number of carbonyl (C=O) groups excluding carboxylic acids is 1. The second-order valence-corrected chi connectivity index (χ2v) is 8.22. The number of hydrogen-bond donors (Lipinski definition) is 2. The number of amides is 1. The van der Waals surface area contributed by atoms with Crippen LogP contribution in [0.3, 0.4) is 0 Å². The highest BCUT2D eigenvalue weighted by atomic mass is 32.2. The molecule has 4 rings (SSSR count). The Bertz CT molecular complexity index is 1130. The second kappa shape index (κ2) is 10.6. The number of thioether (sulfide) groups is 1. The maximum atomic E-state index is 12.7. The molecule has 0 aliphatic carbocycles. The van der Waals surface area contributed by atoms with Crippen molar-refractivity contribution in [2.75, 3.05) is 7.11 Å². The summed E-state index contributed by atoms with van der Waals surface area (Å²) in [6.45, 7) is 0.446. The minimum absolute atomic E-state index is 0.0406. The molecule has 8 heteroatoms. The Hall–Kier alpha value is -3.65. The highest BCUT2D eigenvalue weighted by Gasteiger charge is 2.20. The maximum Gasteiger partial charge on any atom is 0.221 e. The molecule has 0 bridgehead atoms. The van der Waals surface area contributed by atoms with Gasteiger partial charge in [0.15, 0.2) is 5.82 Å². The molecule has 2 aromatic carbocycles. The molecule has 0 spiro atoms. The van der Waals surface area contributed by atoms with Crippen LogP contribution in [0.2, 0.25) is 0 Å². The van der Waals surface area contributed by atoms with Crippen LogP contribution in [0.25, 0.3) is 11.4 Å². The van der Waals surface area contributed by atoms with Crippen molar-refractivity contribution in [3.63, 3.8) is 0 Å². The van der Waals surface area contributed by atoms with Crippen molar-refractivity contribution >= 4 is 17.7 Å². The molecule has 32 heavy (non-hydrogen) atoms. The fraction of sp³-hybridized carbons (Fsp3) is 0.167. The van der Waals surface area contributed by atoms with Gasteiger partial charge in [-0.2, -0.15) is 0 Å². The van der Waals surface area contributed by atoms with Gasteiger partial charge in [0, 0.05) is 36.2 Å². The molecule has 2 aromatic heterocycles. The Morgan fingerprint density at radius 1 is 1.09 bits per heavy atom. The van der Waals surface area contributed by atoms with Gasteiger partial charge in [0.25, 0.3) is 0 Å². The number of nitrogens with one attached hydrogen (secondary N) is 2. The molecule has 2 heterocycles. The van der Waals surface area contributed by atoms with E-state index in [9.17, 15) is 4.79 Å². The third-order valence-corrected chi connectivity index (χ3v) is 5.95. The zero-order chi connectivity index (χ0) is 22.2. The Balaban J connectivity index is 1.45. The van der Waals surface area contributed by atoms with Gasteiger partial charge in [-0.15, -0.1) is 5.10 Å². The number of hydrogen-bond acceptors (Lipinski definition) is 6. The van der Waals surface area contributed by atoms with E-state index in [0.717, 1.165) is 22.4 Å². The Morgan fingerprint density at radius 3 is 2.62 bits per heavy atom. The molecule has 0 saturated carbocycles. The molecular weight excluding hydrogens is 422 g/mol. The number of rotatable bonds is 9. The number of benzene rings is 2. The zero-order valence-corrected chi connectivity index (χ0v) is 18.4. The highest BCUT2D eigenvalue weighted by Crippen LogP contribution is 2.36. The van der Waals surface area contributed by atoms with E-state index < -0.39 is 0 Å². The minimum Gasteiger partial charge on any atom is -0.497 e. The van der Waals surface area contributed by atoms with E-state index in [1.54, 1.807) is 19.5 Å². The molecule has 0 radical (unpaired) electrons. The Kier molecular flexibility index (Phi) is 7.14. The predicted octanol–water partition coefficient (Wildman–Crippen LogP) is 4.42. The summed E-state index contributed by atoms with van der Waals surface area (Å²) in [5.41, 5.74) is 2.92. The largest absolute Gasteiger partial charge is 0.497 e. The van der Waals surface area contributed by atoms with Gasteiger partial charge in [-0.25, -0.2) is 4.98 Å². The molecule has 0 saturated heterocycles. The molecule has 1 amide bonds. The lowest BCUT2D eigenvalue weighted by atomic mass is 10.1. The fourth-order valence-electron chi connectivity index (χ4n) is 3.14. The van der Waals surface area contributed by atoms with Crippen LogP contribution in [-0.2, 0) is 11.3 Å². The molecule has 7 nitrogen and oxygen atoms in total. The van der Waals surface area contributed by atoms with Crippen molar-refractivity contribution < 1.29 is 9.53 Å². The fourth-order valence-corrected chi connectivity index (χ4v) is 4.17. The quantitative estimate of drug-likeness (QED) is 0.371. The summed E-state index contributed by atoms with van der Waals surface area (Å²) in [5.74, 6) is 1.41. The molecule has 4 aromatic rings. The number of aromatic amines is 1. The molecule has 0 fully saturated rings. The van der Waals surface area contributed by atoms with Crippen LogP contribution in [0, 0.1) is 0 Å². The average Bonchev–Trinajstić information content (AvgIpc) is 3.32. The number of ether oxygens (including phenoxy) is 1. The van der Waals surface area contributed by atoms with Gasteiger partial charge in [-0.3, -0.25) is 14.9 Å². The van der Waals surface area contributed by atoms with Crippen molar-refractivity contribution in [1.29, 1.82) is 0 Å². The maximum absolute atomic E-state index is 12.7. The van der Waals surface area contributed by atoms with Crippen molar-refractivity contribution in [3.05, 3.63) is 90.3 Å². The normalized spacial score (nSPS) is 11.7. The highest BCUT2D eigenvalue weighted by molar-refractivity contribution is 7.99. The number of methoxy groups -OCH3 is 1. The number of pyridine rings is 1. The molecule has 1 unspecified atom stereocenters.